The van der Waals surface area contributed by atoms with Gasteiger partial charge in [0.1, 0.15) is 23.2 Å². The van der Waals surface area contributed by atoms with Gasteiger partial charge in [0.05, 0.1) is 10.00 Å². The van der Waals surface area contributed by atoms with Crippen LogP contribution < -0.4 is 15.4 Å². The Morgan fingerprint density at radius 3 is 2.15 bits per heavy atom. The Hall–Kier alpha value is -3.84. The zero-order valence-electron chi connectivity index (χ0n) is 32.3. The fourth-order valence-corrected chi connectivity index (χ4v) is 10.8. The van der Waals surface area contributed by atoms with Crippen LogP contribution in [0.15, 0.2) is 67.3 Å². The minimum absolute atomic E-state index is 0.193. The number of thioether (sulfide) groups is 1. The molecule has 2 aliphatic heterocycles. The van der Waals surface area contributed by atoms with Crippen LogP contribution in [0.25, 0.3) is 11.1 Å². The van der Waals surface area contributed by atoms with E-state index in [9.17, 15) is 27.6 Å². The lowest BCUT2D eigenvalue weighted by Gasteiger charge is -2.32. The third kappa shape index (κ3) is 9.76. The maximum atomic E-state index is 14.9. The maximum Gasteiger partial charge on any atom is 0.408 e. The molecule has 2 saturated heterocycles. The zero-order valence-corrected chi connectivity index (χ0v) is 33.9. The molecule has 13 heteroatoms. The third-order valence-electron chi connectivity index (χ3n) is 11.2. The molecule has 4 fully saturated rings. The molecule has 0 aromatic heterocycles. The molecule has 2 saturated carbocycles. The molecule has 2 aliphatic carbocycles. The monoisotopic (exact) mass is 792 g/mol. The number of carbonyl (C=O) groups is 4. The number of hydrogen-bond donors (Lipinski definition) is 3. The van der Waals surface area contributed by atoms with Gasteiger partial charge in [-0.15, -0.1) is 18.3 Å². The number of nitrogens with one attached hydrogen (secondary N) is 3. The topological polar surface area (TPSA) is 151 Å². The number of carbonyl (C=O) groups excluding carboxylic acids is 4. The van der Waals surface area contributed by atoms with E-state index in [1.54, 1.807) is 43.5 Å². The third-order valence-corrected chi connectivity index (χ3v) is 14.6. The van der Waals surface area contributed by atoms with Crippen LogP contribution in [0.4, 0.5) is 4.79 Å². The Morgan fingerprint density at radius 2 is 1.53 bits per heavy atom. The molecule has 0 unspecified atom stereocenters. The number of fused-ring (bicyclic) bond motifs is 2. The van der Waals surface area contributed by atoms with Gasteiger partial charge in [-0.2, -0.15) is 0 Å². The van der Waals surface area contributed by atoms with E-state index in [4.69, 9.17) is 4.74 Å². The summed E-state index contributed by atoms with van der Waals surface area (Å²) in [6.45, 7) is 9.32. The van der Waals surface area contributed by atoms with Gasteiger partial charge in [0.15, 0.2) is 0 Å². The second-order valence-electron chi connectivity index (χ2n) is 16.6. The molecule has 55 heavy (non-hydrogen) atoms. The lowest BCUT2D eigenvalue weighted by molar-refractivity contribution is -0.141. The summed E-state index contributed by atoms with van der Waals surface area (Å²) >= 11 is 1.75. The normalized spacial score (nSPS) is 27.9. The number of amides is 4. The second-order valence-corrected chi connectivity index (χ2v) is 20.1. The summed E-state index contributed by atoms with van der Waals surface area (Å²) in [5, 5.41) is 5.16. The quantitative estimate of drug-likeness (QED) is 0.241. The summed E-state index contributed by atoms with van der Waals surface area (Å²) in [6.07, 6.45) is 9.56. The smallest absolute Gasteiger partial charge is 0.408 e. The van der Waals surface area contributed by atoms with Crippen molar-refractivity contribution in [1.29, 1.82) is 0 Å². The molecule has 2 aromatic rings. The van der Waals surface area contributed by atoms with E-state index >= 15 is 0 Å². The zero-order chi connectivity index (χ0) is 39.4. The van der Waals surface area contributed by atoms with E-state index in [1.165, 1.54) is 0 Å². The predicted molar refractivity (Wildman–Crippen MR) is 215 cm³/mol. The fraction of sp³-hybridized carbons (Fsp3) is 0.571. The number of hydrogen-bond acceptors (Lipinski definition) is 8. The van der Waals surface area contributed by atoms with Gasteiger partial charge in [-0.25, -0.2) is 13.2 Å². The number of benzene rings is 2. The highest BCUT2D eigenvalue weighted by Crippen LogP contribution is 2.50. The van der Waals surface area contributed by atoms with Gasteiger partial charge in [0.25, 0.3) is 5.91 Å². The van der Waals surface area contributed by atoms with E-state index in [1.807, 2.05) is 18.2 Å². The Balaban J connectivity index is 1.36. The SMILES string of the molecule is C=C[C@@H]1C[C@]1(NC(=O)[C@@H]1C[C@@]2(c3ccc(-c4ccccc4)cc3)CN1C(=O)[C@@H](NC(=O)OC(C)(C)C)CCCCCCCCCS2)C(=O)NS(=O)(=O)C1CC1. The summed E-state index contributed by atoms with van der Waals surface area (Å²) in [7, 11) is -3.88. The highest BCUT2D eigenvalue weighted by molar-refractivity contribution is 8.00. The molecule has 3 N–H and O–H groups in total. The van der Waals surface area contributed by atoms with Crippen LogP contribution in [0.2, 0.25) is 0 Å². The summed E-state index contributed by atoms with van der Waals surface area (Å²) in [4.78, 5) is 58.0. The molecule has 2 aromatic carbocycles. The van der Waals surface area contributed by atoms with Crippen molar-refractivity contribution in [2.75, 3.05) is 12.3 Å². The minimum atomic E-state index is -3.88. The maximum absolute atomic E-state index is 14.9. The van der Waals surface area contributed by atoms with E-state index < -0.39 is 73.0 Å². The Kier molecular flexibility index (Phi) is 12.4. The van der Waals surface area contributed by atoms with E-state index in [-0.39, 0.29) is 19.4 Å². The highest BCUT2D eigenvalue weighted by Gasteiger charge is 2.62. The number of rotatable bonds is 9. The van der Waals surface area contributed by atoms with Crippen molar-refractivity contribution < 1.29 is 32.3 Å². The first-order chi connectivity index (χ1) is 26.2. The summed E-state index contributed by atoms with van der Waals surface area (Å²) in [6, 6.07) is 16.4. The van der Waals surface area contributed by atoms with Crippen LogP contribution in [0.1, 0.15) is 103 Å². The molecule has 0 spiro atoms. The summed E-state index contributed by atoms with van der Waals surface area (Å²) < 4.78 is 32.8. The molecule has 0 radical (unpaired) electrons. The number of alkyl carbamates (subject to hydrolysis) is 1. The van der Waals surface area contributed by atoms with Gasteiger partial charge < -0.3 is 20.3 Å². The molecular formula is C42H56N4O7S2. The number of ether oxygens (including phenoxy) is 1. The standard InChI is InChI=1S/C42H56N4O7S2/c1-5-31-26-42(31,38(49)45-55(51,52)33-23-24-33)44-36(47)35-27-41(32-21-19-30(20-22-32)29-16-12-11-13-17-29)28-46(35)37(48)34(43-39(50)53-40(2,3)4)18-14-9-7-6-8-10-15-25-54-41/h5,11-13,16-17,19-22,31,33-35H,1,6-10,14-15,18,23-28H2,2-4H3,(H,43,50)(H,44,47)(H,45,49)/t31-,34+,35+,41+,42-/m1/s1. The first-order valence-electron chi connectivity index (χ1n) is 19.8. The molecule has 2 bridgehead atoms. The van der Waals surface area contributed by atoms with Gasteiger partial charge in [-0.1, -0.05) is 99.2 Å². The molecule has 298 valence electrons. The van der Waals surface area contributed by atoms with E-state index in [2.05, 4.69) is 58.3 Å². The first-order valence-corrected chi connectivity index (χ1v) is 22.3. The van der Waals surface area contributed by atoms with Crippen molar-refractivity contribution in [2.24, 2.45) is 5.92 Å². The van der Waals surface area contributed by atoms with Crippen LogP contribution >= 0.6 is 11.8 Å². The minimum Gasteiger partial charge on any atom is -0.444 e. The molecular weight excluding hydrogens is 737 g/mol. The second kappa shape index (κ2) is 16.7. The lowest BCUT2D eigenvalue weighted by atomic mass is 9.93. The highest BCUT2D eigenvalue weighted by atomic mass is 32.2. The van der Waals surface area contributed by atoms with E-state index in [0.717, 1.165) is 61.0 Å². The van der Waals surface area contributed by atoms with Crippen molar-refractivity contribution in [3.8, 4) is 11.1 Å². The van der Waals surface area contributed by atoms with Crippen molar-refractivity contribution in [1.82, 2.24) is 20.3 Å². The van der Waals surface area contributed by atoms with Crippen LogP contribution in [-0.4, -0.2) is 77.9 Å². The largest absolute Gasteiger partial charge is 0.444 e. The van der Waals surface area contributed by atoms with Gasteiger partial charge >= 0.3 is 6.09 Å². The first kappa shape index (κ1) is 40.8. The summed E-state index contributed by atoms with van der Waals surface area (Å²) in [5.41, 5.74) is 0.809. The molecule has 4 aliphatic rings. The van der Waals surface area contributed by atoms with Gasteiger partial charge in [-0.3, -0.25) is 19.1 Å². The molecule has 11 nitrogen and oxygen atoms in total. The van der Waals surface area contributed by atoms with Crippen molar-refractivity contribution >= 4 is 45.6 Å². The van der Waals surface area contributed by atoms with Gasteiger partial charge in [-0.05, 0) is 81.7 Å². The van der Waals surface area contributed by atoms with E-state index in [0.29, 0.717) is 25.7 Å². The molecule has 4 amide bonds. The van der Waals surface area contributed by atoms with Crippen LogP contribution in [0, 0.1) is 5.92 Å². The van der Waals surface area contributed by atoms with Gasteiger partial charge in [0, 0.05) is 12.5 Å². The summed E-state index contributed by atoms with van der Waals surface area (Å²) in [5.74, 6) is -1.38. The molecule has 2 heterocycles. The van der Waals surface area contributed by atoms with Crippen molar-refractivity contribution in [2.45, 2.75) is 131 Å². The lowest BCUT2D eigenvalue weighted by Crippen LogP contribution is -2.58. The van der Waals surface area contributed by atoms with Crippen molar-refractivity contribution in [3.05, 3.63) is 72.8 Å². The average Bonchev–Trinajstić information content (AvgIpc) is 4.08. The fourth-order valence-electron chi connectivity index (χ4n) is 7.86. The van der Waals surface area contributed by atoms with Crippen molar-refractivity contribution in [3.63, 3.8) is 0 Å². The Labute approximate surface area is 330 Å². The van der Waals surface area contributed by atoms with Gasteiger partial charge in [0.2, 0.25) is 21.8 Å². The average molecular weight is 793 g/mol. The van der Waals surface area contributed by atoms with Crippen LogP contribution in [0.5, 0.6) is 0 Å². The molecule has 5 atom stereocenters. The number of nitrogens with zero attached hydrogens (tertiary/aromatic N) is 1. The molecule has 6 rings (SSSR count). The Morgan fingerprint density at radius 1 is 0.891 bits per heavy atom. The van der Waals surface area contributed by atoms with Crippen LogP contribution in [-0.2, 0) is 33.9 Å². The van der Waals surface area contributed by atoms with Crippen LogP contribution in [0.3, 0.4) is 0 Å². The Bertz CT molecular complexity index is 1840. The number of sulfonamides is 1. The predicted octanol–water partition coefficient (Wildman–Crippen LogP) is 6.58.